The Morgan fingerprint density at radius 2 is 2.10 bits per heavy atom. The highest BCUT2D eigenvalue weighted by atomic mass is 32.2. The number of nitrogens with one attached hydrogen (secondary N) is 1. The standard InChI is InChI=1S/C20H15N5O4S2/c1-11-3-2-6-25-16(26)8-13(21-17(11)25)9-30-20-24-23-19(31-20)22-18(27)12-4-5-14-15(7-12)29-10-28-14/h2-8H,9-10H2,1H3,(H,22,23,27). The first-order valence-electron chi connectivity index (χ1n) is 9.22. The van der Waals surface area contributed by atoms with Crippen molar-refractivity contribution in [3.63, 3.8) is 0 Å². The summed E-state index contributed by atoms with van der Waals surface area (Å²) in [6.07, 6.45) is 1.70. The van der Waals surface area contributed by atoms with Crippen molar-refractivity contribution in [2.45, 2.75) is 17.0 Å². The molecule has 31 heavy (non-hydrogen) atoms. The van der Waals surface area contributed by atoms with E-state index in [2.05, 4.69) is 20.5 Å². The Bertz CT molecular complexity index is 1370. The molecule has 0 aliphatic carbocycles. The van der Waals surface area contributed by atoms with E-state index in [0.29, 0.717) is 43.6 Å². The molecule has 4 heterocycles. The minimum Gasteiger partial charge on any atom is -0.454 e. The molecule has 0 saturated heterocycles. The number of benzene rings is 1. The first kappa shape index (κ1) is 19.5. The van der Waals surface area contributed by atoms with E-state index < -0.39 is 0 Å². The Balaban J connectivity index is 1.26. The number of rotatable bonds is 5. The molecule has 1 amide bonds. The van der Waals surface area contributed by atoms with Crippen LogP contribution in [0.3, 0.4) is 0 Å². The lowest BCUT2D eigenvalue weighted by Crippen LogP contribution is -2.15. The van der Waals surface area contributed by atoms with Crippen LogP contribution in [-0.4, -0.2) is 32.3 Å². The van der Waals surface area contributed by atoms with E-state index in [0.717, 1.165) is 5.56 Å². The summed E-state index contributed by atoms with van der Waals surface area (Å²) in [4.78, 5) is 29.4. The zero-order chi connectivity index (χ0) is 21.4. The average Bonchev–Trinajstić information content (AvgIpc) is 3.41. The van der Waals surface area contributed by atoms with Gasteiger partial charge >= 0.3 is 0 Å². The number of amides is 1. The number of carbonyl (C=O) groups is 1. The van der Waals surface area contributed by atoms with Gasteiger partial charge in [-0.25, -0.2) is 4.98 Å². The van der Waals surface area contributed by atoms with Gasteiger partial charge in [0.2, 0.25) is 11.9 Å². The first-order chi connectivity index (χ1) is 15.1. The van der Waals surface area contributed by atoms with Crippen LogP contribution < -0.4 is 20.3 Å². The largest absolute Gasteiger partial charge is 0.454 e. The smallest absolute Gasteiger partial charge is 0.258 e. The van der Waals surface area contributed by atoms with Gasteiger partial charge in [0.1, 0.15) is 5.65 Å². The number of fused-ring (bicyclic) bond motifs is 2. The third kappa shape index (κ3) is 3.97. The van der Waals surface area contributed by atoms with Crippen LogP contribution in [-0.2, 0) is 5.75 Å². The summed E-state index contributed by atoms with van der Waals surface area (Å²) in [7, 11) is 0. The van der Waals surface area contributed by atoms with Crippen molar-refractivity contribution in [3.05, 3.63) is 69.8 Å². The summed E-state index contributed by atoms with van der Waals surface area (Å²) in [6.45, 7) is 2.06. The number of anilines is 1. The van der Waals surface area contributed by atoms with Gasteiger partial charge in [-0.15, -0.1) is 10.2 Å². The quantitative estimate of drug-likeness (QED) is 0.363. The van der Waals surface area contributed by atoms with Crippen LogP contribution in [0.1, 0.15) is 21.6 Å². The number of nitrogens with zero attached hydrogens (tertiary/aromatic N) is 4. The second-order valence-corrected chi connectivity index (χ2v) is 8.85. The Hall–Kier alpha value is -3.44. The SMILES string of the molecule is Cc1cccn2c(=O)cc(CSc3nnc(NC(=O)c4ccc5c(c4)OCO5)s3)nc12. The molecular weight excluding hydrogens is 438 g/mol. The van der Waals surface area contributed by atoms with Gasteiger partial charge in [-0.05, 0) is 36.8 Å². The number of aromatic nitrogens is 4. The van der Waals surface area contributed by atoms with Crippen LogP contribution >= 0.6 is 23.1 Å². The molecule has 0 spiro atoms. The summed E-state index contributed by atoms with van der Waals surface area (Å²) in [5.74, 6) is 1.30. The first-order valence-corrected chi connectivity index (χ1v) is 11.0. The Labute approximate surface area is 184 Å². The monoisotopic (exact) mass is 453 g/mol. The van der Waals surface area contributed by atoms with Gasteiger partial charge in [0.05, 0.1) is 5.69 Å². The molecule has 3 aromatic heterocycles. The van der Waals surface area contributed by atoms with Crippen molar-refractivity contribution in [2.75, 3.05) is 12.1 Å². The maximum atomic E-state index is 12.5. The number of hydrogen-bond donors (Lipinski definition) is 1. The molecule has 0 radical (unpaired) electrons. The predicted octanol–water partition coefficient (Wildman–Crippen LogP) is 3.13. The van der Waals surface area contributed by atoms with Crippen molar-refractivity contribution in [3.8, 4) is 11.5 Å². The Morgan fingerprint density at radius 3 is 3.00 bits per heavy atom. The number of carbonyl (C=O) groups excluding carboxylic acids is 1. The zero-order valence-electron chi connectivity index (χ0n) is 16.2. The summed E-state index contributed by atoms with van der Waals surface area (Å²) >= 11 is 2.66. The second kappa shape index (κ2) is 8.00. The molecule has 1 aromatic carbocycles. The zero-order valence-corrected chi connectivity index (χ0v) is 17.8. The van der Waals surface area contributed by atoms with E-state index in [4.69, 9.17) is 9.47 Å². The average molecular weight is 454 g/mol. The van der Waals surface area contributed by atoms with E-state index >= 15 is 0 Å². The molecular formula is C20H15N5O4S2. The van der Waals surface area contributed by atoms with Crippen LogP contribution in [0.15, 0.2) is 51.7 Å². The lowest BCUT2D eigenvalue weighted by Gasteiger charge is -2.05. The molecule has 4 aromatic rings. The van der Waals surface area contributed by atoms with Gasteiger partial charge in [0.15, 0.2) is 15.8 Å². The van der Waals surface area contributed by atoms with Crippen molar-refractivity contribution >= 4 is 39.8 Å². The van der Waals surface area contributed by atoms with E-state index in [1.54, 1.807) is 24.4 Å². The van der Waals surface area contributed by atoms with Crippen molar-refractivity contribution in [2.24, 2.45) is 0 Å². The minimum absolute atomic E-state index is 0.127. The molecule has 9 nitrogen and oxygen atoms in total. The maximum absolute atomic E-state index is 12.5. The van der Waals surface area contributed by atoms with Crippen LogP contribution in [0.4, 0.5) is 5.13 Å². The molecule has 11 heteroatoms. The fourth-order valence-electron chi connectivity index (χ4n) is 3.04. The number of hydrogen-bond acceptors (Lipinski definition) is 9. The molecule has 0 atom stereocenters. The van der Waals surface area contributed by atoms with E-state index in [-0.39, 0.29) is 18.3 Å². The lowest BCUT2D eigenvalue weighted by atomic mass is 10.2. The summed E-state index contributed by atoms with van der Waals surface area (Å²) < 4.78 is 12.7. The molecule has 0 fully saturated rings. The minimum atomic E-state index is -0.314. The molecule has 0 bridgehead atoms. The third-order valence-corrected chi connectivity index (χ3v) is 6.55. The summed E-state index contributed by atoms with van der Waals surface area (Å²) in [6, 6.07) is 10.2. The van der Waals surface area contributed by atoms with Crippen LogP contribution in [0.25, 0.3) is 5.65 Å². The highest BCUT2D eigenvalue weighted by Crippen LogP contribution is 2.33. The van der Waals surface area contributed by atoms with Crippen LogP contribution in [0.5, 0.6) is 11.5 Å². The number of aryl methyl sites for hydroxylation is 1. The normalized spacial score (nSPS) is 12.3. The molecule has 0 saturated carbocycles. The molecule has 1 N–H and O–H groups in total. The fourth-order valence-corrected chi connectivity index (χ4v) is 4.68. The van der Waals surface area contributed by atoms with Gasteiger partial charge in [-0.2, -0.15) is 0 Å². The fraction of sp³-hybridized carbons (Fsp3) is 0.150. The van der Waals surface area contributed by atoms with E-state index in [1.165, 1.54) is 33.6 Å². The van der Waals surface area contributed by atoms with Gasteiger partial charge in [-0.3, -0.25) is 19.3 Å². The second-order valence-electron chi connectivity index (χ2n) is 6.65. The van der Waals surface area contributed by atoms with Crippen LogP contribution in [0, 0.1) is 6.92 Å². The van der Waals surface area contributed by atoms with Crippen LogP contribution in [0.2, 0.25) is 0 Å². The molecule has 1 aliphatic heterocycles. The summed E-state index contributed by atoms with van der Waals surface area (Å²) in [5, 5.41) is 11.2. The number of pyridine rings is 1. The lowest BCUT2D eigenvalue weighted by molar-refractivity contribution is 0.102. The van der Waals surface area contributed by atoms with Gasteiger partial charge < -0.3 is 9.47 Å². The number of thioether (sulfide) groups is 1. The highest BCUT2D eigenvalue weighted by molar-refractivity contribution is 8.00. The Morgan fingerprint density at radius 1 is 1.23 bits per heavy atom. The van der Waals surface area contributed by atoms with E-state index in [1.807, 2.05) is 19.1 Å². The van der Waals surface area contributed by atoms with Crippen molar-refractivity contribution in [1.82, 2.24) is 19.6 Å². The van der Waals surface area contributed by atoms with E-state index in [9.17, 15) is 9.59 Å². The number of ether oxygens (including phenoxy) is 2. The highest BCUT2D eigenvalue weighted by Gasteiger charge is 2.17. The van der Waals surface area contributed by atoms with Gasteiger partial charge in [0, 0.05) is 23.6 Å². The topological polar surface area (TPSA) is 108 Å². The summed E-state index contributed by atoms with van der Waals surface area (Å²) in [5.41, 5.74) is 2.53. The predicted molar refractivity (Wildman–Crippen MR) is 116 cm³/mol. The maximum Gasteiger partial charge on any atom is 0.258 e. The molecule has 1 aliphatic rings. The Kier molecular flexibility index (Phi) is 5.04. The van der Waals surface area contributed by atoms with Gasteiger partial charge in [-0.1, -0.05) is 29.2 Å². The molecule has 156 valence electrons. The van der Waals surface area contributed by atoms with Crippen molar-refractivity contribution in [1.29, 1.82) is 0 Å². The third-order valence-electron chi connectivity index (χ3n) is 4.54. The van der Waals surface area contributed by atoms with Gasteiger partial charge in [0.25, 0.3) is 11.5 Å². The molecule has 5 rings (SSSR count). The van der Waals surface area contributed by atoms with Crippen molar-refractivity contribution < 1.29 is 14.3 Å². The molecule has 0 unspecified atom stereocenters.